The molecule has 0 bridgehead atoms. The van der Waals surface area contributed by atoms with E-state index in [1.54, 1.807) is 17.8 Å². The van der Waals surface area contributed by atoms with Gasteiger partial charge in [0.05, 0.1) is 32.0 Å². The van der Waals surface area contributed by atoms with Crippen molar-refractivity contribution in [3.8, 4) is 0 Å². The second-order valence-electron chi connectivity index (χ2n) is 7.97. The molecule has 10 heteroatoms. The number of benzene rings is 1. The van der Waals surface area contributed by atoms with Crippen molar-refractivity contribution in [3.63, 3.8) is 0 Å². The fraction of sp³-hybridized carbons (Fsp3) is 0.545. The molecule has 0 aliphatic carbocycles. The van der Waals surface area contributed by atoms with Crippen molar-refractivity contribution in [3.05, 3.63) is 52.8 Å². The van der Waals surface area contributed by atoms with Crippen LogP contribution < -0.4 is 10.6 Å². The van der Waals surface area contributed by atoms with Crippen LogP contribution >= 0.6 is 35.6 Å². The van der Waals surface area contributed by atoms with Gasteiger partial charge in [0.25, 0.3) is 0 Å². The Bertz CT molecular complexity index is 852. The number of aromatic nitrogens is 2. The van der Waals surface area contributed by atoms with Gasteiger partial charge in [-0.25, -0.2) is 4.99 Å². The Kier molecular flexibility index (Phi) is 10.7. The molecule has 1 aliphatic heterocycles. The van der Waals surface area contributed by atoms with Crippen LogP contribution in [0.1, 0.15) is 31.0 Å². The van der Waals surface area contributed by atoms with Crippen molar-refractivity contribution in [1.29, 1.82) is 0 Å². The summed E-state index contributed by atoms with van der Waals surface area (Å²) in [6.45, 7) is 8.59. The van der Waals surface area contributed by atoms with Crippen LogP contribution in [-0.2, 0) is 17.4 Å². The van der Waals surface area contributed by atoms with Crippen LogP contribution in [-0.4, -0.2) is 71.7 Å². The van der Waals surface area contributed by atoms with E-state index in [2.05, 4.69) is 37.8 Å². The first kappa shape index (κ1) is 26.8. The third-order valence-corrected chi connectivity index (χ3v) is 5.67. The number of nitrogens with one attached hydrogen (secondary N) is 2. The minimum Gasteiger partial charge on any atom is -0.383 e. The molecule has 1 aromatic carbocycles. The summed E-state index contributed by atoms with van der Waals surface area (Å²) >= 11 is 6.10. The van der Waals surface area contributed by atoms with E-state index in [-0.39, 0.29) is 36.6 Å². The summed E-state index contributed by atoms with van der Waals surface area (Å²) in [4.78, 5) is 7.05. The number of rotatable bonds is 8. The lowest BCUT2D eigenvalue weighted by Crippen LogP contribution is -2.46. The summed E-state index contributed by atoms with van der Waals surface area (Å²) in [5.41, 5.74) is 0.829. The highest BCUT2D eigenvalue weighted by molar-refractivity contribution is 14.0. The molecular weight excluding hydrogens is 543 g/mol. The maximum absolute atomic E-state index is 10.9. The molecule has 1 fully saturated rings. The van der Waals surface area contributed by atoms with Gasteiger partial charge in [-0.1, -0.05) is 23.7 Å². The van der Waals surface area contributed by atoms with E-state index in [4.69, 9.17) is 16.3 Å². The van der Waals surface area contributed by atoms with Crippen molar-refractivity contribution >= 4 is 41.5 Å². The van der Waals surface area contributed by atoms with Gasteiger partial charge < -0.3 is 20.5 Å². The number of ether oxygens (including phenoxy) is 1. The minimum atomic E-state index is -1.10. The predicted molar refractivity (Wildman–Crippen MR) is 139 cm³/mol. The molecule has 3 rings (SSSR count). The zero-order valence-corrected chi connectivity index (χ0v) is 22.0. The average molecular weight is 577 g/mol. The number of morpholine rings is 1. The Hall–Kier alpha value is -1.40. The van der Waals surface area contributed by atoms with Crippen molar-refractivity contribution in [2.24, 2.45) is 12.0 Å². The number of aliphatic hydroxyl groups is 1. The lowest BCUT2D eigenvalue weighted by atomic mass is 10.0. The summed E-state index contributed by atoms with van der Waals surface area (Å²) in [5, 5.41) is 22.5. The van der Waals surface area contributed by atoms with Gasteiger partial charge in [-0.2, -0.15) is 5.10 Å². The van der Waals surface area contributed by atoms with E-state index in [1.807, 2.05) is 32.3 Å². The molecule has 0 spiro atoms. The summed E-state index contributed by atoms with van der Waals surface area (Å²) in [7, 11) is 1.83. The maximum Gasteiger partial charge on any atom is 0.191 e. The third kappa shape index (κ3) is 7.58. The average Bonchev–Trinajstić information content (AvgIpc) is 3.21. The highest BCUT2D eigenvalue weighted by Gasteiger charge is 2.26. The molecule has 2 aromatic rings. The zero-order valence-electron chi connectivity index (χ0n) is 18.9. The van der Waals surface area contributed by atoms with Gasteiger partial charge in [-0.15, -0.1) is 24.0 Å². The highest BCUT2D eigenvalue weighted by atomic mass is 127. The Morgan fingerprint density at radius 1 is 1.28 bits per heavy atom. The highest BCUT2D eigenvalue weighted by Crippen LogP contribution is 2.23. The monoisotopic (exact) mass is 576 g/mol. The molecule has 0 radical (unpaired) electrons. The molecule has 2 heterocycles. The van der Waals surface area contributed by atoms with E-state index in [1.165, 1.54) is 5.56 Å². The Balaban J connectivity index is 0.00000363. The van der Waals surface area contributed by atoms with Crippen LogP contribution in [0.4, 0.5) is 0 Å². The smallest absolute Gasteiger partial charge is 0.191 e. The van der Waals surface area contributed by atoms with Crippen molar-refractivity contribution in [2.45, 2.75) is 25.5 Å². The van der Waals surface area contributed by atoms with E-state index in [0.29, 0.717) is 12.5 Å². The van der Waals surface area contributed by atoms with Crippen LogP contribution in [0.15, 0.2) is 41.7 Å². The summed E-state index contributed by atoms with van der Waals surface area (Å²) in [6.07, 6.45) is 3.48. The number of hydrogen-bond donors (Lipinski definition) is 3. The molecule has 2 unspecified atom stereocenters. The molecule has 1 aromatic heterocycles. The van der Waals surface area contributed by atoms with Crippen LogP contribution in [0, 0.1) is 0 Å². The normalized spacial score (nSPS) is 17.8. The number of halogens is 2. The Morgan fingerprint density at radius 2 is 1.97 bits per heavy atom. The second kappa shape index (κ2) is 12.7. The largest absolute Gasteiger partial charge is 0.383 e. The van der Waals surface area contributed by atoms with Gasteiger partial charge >= 0.3 is 0 Å². The van der Waals surface area contributed by atoms with Gasteiger partial charge in [0.2, 0.25) is 0 Å². The molecule has 2 atom stereocenters. The third-order valence-electron chi connectivity index (χ3n) is 5.42. The van der Waals surface area contributed by atoms with E-state index in [0.717, 1.165) is 43.4 Å². The SMILES string of the molecule is CCNC(=NCC(C)(O)c1cnn(C)c1)NCC(c1ccc(Cl)cc1)N1CCOCC1.I. The van der Waals surface area contributed by atoms with Crippen molar-refractivity contribution < 1.29 is 9.84 Å². The Labute approximate surface area is 212 Å². The van der Waals surface area contributed by atoms with Gasteiger partial charge in [0, 0.05) is 50.0 Å². The molecular formula is C22H34ClIN6O2. The molecule has 8 nitrogen and oxygen atoms in total. The predicted octanol–water partition coefficient (Wildman–Crippen LogP) is 2.53. The second-order valence-corrected chi connectivity index (χ2v) is 8.40. The molecule has 3 N–H and O–H groups in total. The summed E-state index contributed by atoms with van der Waals surface area (Å²) < 4.78 is 7.21. The van der Waals surface area contributed by atoms with Crippen molar-refractivity contribution in [2.75, 3.05) is 45.9 Å². The van der Waals surface area contributed by atoms with Crippen molar-refractivity contribution in [1.82, 2.24) is 25.3 Å². The van der Waals surface area contributed by atoms with Crippen LogP contribution in [0.5, 0.6) is 0 Å². The van der Waals surface area contributed by atoms with E-state index in [9.17, 15) is 5.11 Å². The number of hydrogen-bond acceptors (Lipinski definition) is 5. The number of aryl methyl sites for hydroxylation is 1. The van der Waals surface area contributed by atoms with Crippen LogP contribution in [0.25, 0.3) is 0 Å². The topological polar surface area (TPSA) is 86.9 Å². The van der Waals surface area contributed by atoms with Gasteiger partial charge in [0.1, 0.15) is 5.60 Å². The summed E-state index contributed by atoms with van der Waals surface area (Å²) in [6, 6.07) is 8.15. The zero-order chi connectivity index (χ0) is 22.3. The van der Waals surface area contributed by atoms with E-state index < -0.39 is 5.60 Å². The lowest BCUT2D eigenvalue weighted by molar-refractivity contribution is 0.0169. The molecule has 1 aliphatic rings. The Morgan fingerprint density at radius 3 is 2.56 bits per heavy atom. The quantitative estimate of drug-likeness (QED) is 0.254. The first-order valence-electron chi connectivity index (χ1n) is 10.7. The van der Waals surface area contributed by atoms with Gasteiger partial charge in [-0.3, -0.25) is 9.58 Å². The number of nitrogens with zero attached hydrogens (tertiary/aromatic N) is 4. The lowest BCUT2D eigenvalue weighted by Gasteiger charge is -2.35. The fourth-order valence-electron chi connectivity index (χ4n) is 3.59. The van der Waals surface area contributed by atoms with Gasteiger partial charge in [-0.05, 0) is 31.5 Å². The van der Waals surface area contributed by atoms with Crippen LogP contribution in [0.3, 0.4) is 0 Å². The first-order chi connectivity index (χ1) is 14.9. The summed E-state index contributed by atoms with van der Waals surface area (Å²) in [5.74, 6) is 0.666. The standard InChI is InChI=1S/C22H33ClN6O2.HI/c1-4-24-21(26-16-22(2,30)18-13-27-28(3)15-18)25-14-20(29-9-11-31-12-10-29)17-5-7-19(23)8-6-17;/h5-8,13,15,20,30H,4,9-12,14,16H2,1-3H3,(H2,24,25,26);1H. The number of guanidine groups is 1. The molecule has 0 amide bonds. The van der Waals surface area contributed by atoms with Gasteiger partial charge in [0.15, 0.2) is 5.96 Å². The minimum absolute atomic E-state index is 0. The fourth-order valence-corrected chi connectivity index (χ4v) is 3.72. The molecule has 178 valence electrons. The first-order valence-corrected chi connectivity index (χ1v) is 11.1. The van der Waals surface area contributed by atoms with E-state index >= 15 is 0 Å². The number of aliphatic imine (C=N–C) groups is 1. The molecule has 0 saturated carbocycles. The molecule has 1 saturated heterocycles. The van der Waals surface area contributed by atoms with Crippen LogP contribution in [0.2, 0.25) is 5.02 Å². The maximum atomic E-state index is 10.9. The molecule has 32 heavy (non-hydrogen) atoms.